The van der Waals surface area contributed by atoms with Crippen molar-refractivity contribution in [2.24, 2.45) is 0 Å². The summed E-state index contributed by atoms with van der Waals surface area (Å²) < 4.78 is 0. The molecule has 0 aliphatic carbocycles. The van der Waals surface area contributed by atoms with E-state index in [2.05, 4.69) is 0 Å². The number of hydrogen-bond acceptors (Lipinski definition) is 3. The molecule has 0 spiro atoms. The minimum absolute atomic E-state index is 0.0519. The molecule has 0 amide bonds. The van der Waals surface area contributed by atoms with Crippen molar-refractivity contribution in [3.05, 3.63) is 0 Å². The van der Waals surface area contributed by atoms with Crippen molar-refractivity contribution in [3.8, 4) is 0 Å². The standard InChI is InChI=1S/C8H15NO3/c1-6(8(11)12)9-4-2-3-7(9)5-10/h6-7,10H,2-5H2,1H3,(H,11,12)/t6?,7-/m1/s1. The Hall–Kier alpha value is -0.610. The molecule has 1 aliphatic rings. The zero-order chi connectivity index (χ0) is 9.14. The summed E-state index contributed by atoms with van der Waals surface area (Å²) in [4.78, 5) is 12.5. The second kappa shape index (κ2) is 3.87. The molecule has 0 aromatic rings. The average Bonchev–Trinajstić information content (AvgIpc) is 2.49. The van der Waals surface area contributed by atoms with Gasteiger partial charge in [-0.3, -0.25) is 9.69 Å². The lowest BCUT2D eigenvalue weighted by atomic mass is 10.2. The molecule has 2 N–H and O–H groups in total. The fraction of sp³-hybridized carbons (Fsp3) is 0.875. The molecule has 1 aliphatic heterocycles. The molecule has 1 fully saturated rings. The Bertz CT molecular complexity index is 172. The minimum Gasteiger partial charge on any atom is -0.480 e. The molecule has 1 heterocycles. The molecule has 0 saturated carbocycles. The van der Waals surface area contributed by atoms with Gasteiger partial charge in [0.2, 0.25) is 0 Å². The molecular formula is C8H15NO3. The Kier molecular flexibility index (Phi) is 3.05. The highest BCUT2D eigenvalue weighted by Crippen LogP contribution is 2.19. The maximum atomic E-state index is 10.6. The summed E-state index contributed by atoms with van der Waals surface area (Å²) in [6.45, 7) is 2.52. The van der Waals surface area contributed by atoms with Gasteiger partial charge in [0.1, 0.15) is 6.04 Å². The van der Waals surface area contributed by atoms with Gasteiger partial charge in [0.25, 0.3) is 0 Å². The number of carboxylic acids is 1. The SMILES string of the molecule is CC(C(=O)O)N1CCC[C@@H]1CO. The topological polar surface area (TPSA) is 60.8 Å². The van der Waals surface area contributed by atoms with Crippen LogP contribution in [0.4, 0.5) is 0 Å². The molecule has 0 radical (unpaired) electrons. The van der Waals surface area contributed by atoms with Crippen molar-refractivity contribution in [2.45, 2.75) is 31.8 Å². The van der Waals surface area contributed by atoms with Gasteiger partial charge in [0, 0.05) is 6.04 Å². The highest BCUT2D eigenvalue weighted by Gasteiger charge is 2.30. The van der Waals surface area contributed by atoms with Crippen molar-refractivity contribution < 1.29 is 15.0 Å². The maximum absolute atomic E-state index is 10.6. The summed E-state index contributed by atoms with van der Waals surface area (Å²) in [6.07, 6.45) is 1.90. The molecule has 2 atom stereocenters. The number of aliphatic carboxylic acids is 1. The van der Waals surface area contributed by atoms with E-state index in [0.717, 1.165) is 19.4 Å². The fourth-order valence-corrected chi connectivity index (χ4v) is 1.71. The van der Waals surface area contributed by atoms with E-state index >= 15 is 0 Å². The van der Waals surface area contributed by atoms with Crippen LogP contribution in [-0.2, 0) is 4.79 Å². The van der Waals surface area contributed by atoms with Gasteiger partial charge in [-0.25, -0.2) is 0 Å². The number of rotatable bonds is 3. The van der Waals surface area contributed by atoms with Crippen LogP contribution in [0.3, 0.4) is 0 Å². The predicted molar refractivity (Wildman–Crippen MR) is 43.9 cm³/mol. The first-order chi connectivity index (χ1) is 5.66. The fourth-order valence-electron chi connectivity index (χ4n) is 1.71. The Morgan fingerprint density at radius 2 is 2.42 bits per heavy atom. The van der Waals surface area contributed by atoms with Crippen molar-refractivity contribution in [3.63, 3.8) is 0 Å². The number of aliphatic hydroxyl groups is 1. The van der Waals surface area contributed by atoms with Gasteiger partial charge in [-0.15, -0.1) is 0 Å². The molecule has 70 valence electrons. The van der Waals surface area contributed by atoms with Crippen LogP contribution in [-0.4, -0.2) is 46.3 Å². The van der Waals surface area contributed by atoms with Crippen molar-refractivity contribution in [1.29, 1.82) is 0 Å². The zero-order valence-electron chi connectivity index (χ0n) is 7.23. The normalized spacial score (nSPS) is 27.3. The highest BCUT2D eigenvalue weighted by atomic mass is 16.4. The van der Waals surface area contributed by atoms with Crippen LogP contribution in [0.25, 0.3) is 0 Å². The van der Waals surface area contributed by atoms with Gasteiger partial charge in [0.05, 0.1) is 6.61 Å². The summed E-state index contributed by atoms with van der Waals surface area (Å²) >= 11 is 0. The Labute approximate surface area is 71.8 Å². The van der Waals surface area contributed by atoms with Gasteiger partial charge >= 0.3 is 5.97 Å². The van der Waals surface area contributed by atoms with E-state index in [9.17, 15) is 4.79 Å². The molecule has 0 bridgehead atoms. The lowest BCUT2D eigenvalue weighted by Crippen LogP contribution is -2.43. The number of carbonyl (C=O) groups is 1. The monoisotopic (exact) mass is 173 g/mol. The van der Waals surface area contributed by atoms with Gasteiger partial charge in [-0.2, -0.15) is 0 Å². The number of carboxylic acid groups (broad SMARTS) is 1. The van der Waals surface area contributed by atoms with E-state index in [0.29, 0.717) is 0 Å². The lowest BCUT2D eigenvalue weighted by Gasteiger charge is -2.26. The van der Waals surface area contributed by atoms with Gasteiger partial charge in [-0.1, -0.05) is 0 Å². The van der Waals surface area contributed by atoms with Crippen molar-refractivity contribution >= 4 is 5.97 Å². The van der Waals surface area contributed by atoms with Crippen LogP contribution < -0.4 is 0 Å². The zero-order valence-corrected chi connectivity index (χ0v) is 7.23. The molecule has 0 aromatic carbocycles. The smallest absolute Gasteiger partial charge is 0.320 e. The molecule has 4 nitrogen and oxygen atoms in total. The molecule has 12 heavy (non-hydrogen) atoms. The third kappa shape index (κ3) is 1.76. The van der Waals surface area contributed by atoms with Crippen LogP contribution >= 0.6 is 0 Å². The van der Waals surface area contributed by atoms with E-state index < -0.39 is 12.0 Å². The van der Waals surface area contributed by atoms with Crippen LogP contribution in [0.2, 0.25) is 0 Å². The number of nitrogens with zero attached hydrogens (tertiary/aromatic N) is 1. The summed E-state index contributed by atoms with van der Waals surface area (Å²) in [5, 5.41) is 17.7. The Morgan fingerprint density at radius 1 is 1.75 bits per heavy atom. The van der Waals surface area contributed by atoms with Crippen LogP contribution in [0.1, 0.15) is 19.8 Å². The van der Waals surface area contributed by atoms with Crippen molar-refractivity contribution in [2.75, 3.05) is 13.2 Å². The van der Waals surface area contributed by atoms with E-state index in [1.54, 1.807) is 6.92 Å². The second-order valence-electron chi connectivity index (χ2n) is 3.23. The molecule has 4 heteroatoms. The molecule has 1 saturated heterocycles. The summed E-state index contributed by atoms with van der Waals surface area (Å²) in [5.74, 6) is -0.810. The Morgan fingerprint density at radius 3 is 2.92 bits per heavy atom. The third-order valence-electron chi connectivity index (χ3n) is 2.49. The van der Waals surface area contributed by atoms with Crippen LogP contribution in [0.5, 0.6) is 0 Å². The minimum atomic E-state index is -0.810. The average molecular weight is 173 g/mol. The van der Waals surface area contributed by atoms with Gasteiger partial charge in [-0.05, 0) is 26.3 Å². The molecule has 1 unspecified atom stereocenters. The Balaban J connectivity index is 2.55. The highest BCUT2D eigenvalue weighted by molar-refractivity contribution is 5.73. The van der Waals surface area contributed by atoms with E-state index in [4.69, 9.17) is 10.2 Å². The van der Waals surface area contributed by atoms with Gasteiger partial charge in [0.15, 0.2) is 0 Å². The van der Waals surface area contributed by atoms with Crippen molar-refractivity contribution in [1.82, 2.24) is 4.90 Å². The number of hydrogen-bond donors (Lipinski definition) is 2. The largest absolute Gasteiger partial charge is 0.480 e. The van der Waals surface area contributed by atoms with E-state index in [1.165, 1.54) is 0 Å². The third-order valence-corrected chi connectivity index (χ3v) is 2.49. The quantitative estimate of drug-likeness (QED) is 0.626. The lowest BCUT2D eigenvalue weighted by molar-refractivity contribution is -0.143. The first-order valence-electron chi connectivity index (χ1n) is 4.26. The van der Waals surface area contributed by atoms with Gasteiger partial charge < -0.3 is 10.2 Å². The van der Waals surface area contributed by atoms with E-state index in [1.807, 2.05) is 4.90 Å². The summed E-state index contributed by atoms with van der Waals surface area (Å²) in [7, 11) is 0. The second-order valence-corrected chi connectivity index (χ2v) is 3.23. The first kappa shape index (κ1) is 9.48. The summed E-state index contributed by atoms with van der Waals surface area (Å²) in [5.41, 5.74) is 0. The maximum Gasteiger partial charge on any atom is 0.320 e. The summed E-state index contributed by atoms with van der Waals surface area (Å²) in [6, 6.07) is -0.416. The molecule has 0 aromatic heterocycles. The number of likely N-dealkylation sites (tertiary alicyclic amines) is 1. The first-order valence-corrected chi connectivity index (χ1v) is 4.26. The van der Waals surface area contributed by atoms with E-state index in [-0.39, 0.29) is 12.6 Å². The number of aliphatic hydroxyl groups excluding tert-OH is 1. The van der Waals surface area contributed by atoms with Crippen LogP contribution in [0, 0.1) is 0 Å². The molecule has 1 rings (SSSR count). The van der Waals surface area contributed by atoms with Crippen LogP contribution in [0.15, 0.2) is 0 Å². The molecular weight excluding hydrogens is 158 g/mol. The predicted octanol–water partition coefficient (Wildman–Crippen LogP) is -0.0838.